The van der Waals surface area contributed by atoms with Gasteiger partial charge in [0.25, 0.3) is 0 Å². The predicted molar refractivity (Wildman–Crippen MR) is 268 cm³/mol. The molecule has 0 aromatic rings. The van der Waals surface area contributed by atoms with Crippen molar-refractivity contribution in [3.05, 3.63) is 0 Å². The van der Waals surface area contributed by atoms with Crippen LogP contribution in [0.1, 0.15) is 278 Å². The van der Waals surface area contributed by atoms with Gasteiger partial charge in [-0.1, -0.05) is 188 Å². The maximum absolute atomic E-state index is 12.8. The van der Waals surface area contributed by atoms with Crippen molar-refractivity contribution in [1.29, 1.82) is 0 Å². The first-order chi connectivity index (χ1) is 30.8. The summed E-state index contributed by atoms with van der Waals surface area (Å²) in [6.07, 6.45) is 46.2. The molecule has 1 aliphatic carbocycles. The molecule has 63 heavy (non-hydrogen) atoms. The monoisotopic (exact) mass is 889 g/mol. The third kappa shape index (κ3) is 31.4. The van der Waals surface area contributed by atoms with E-state index in [0.29, 0.717) is 43.9 Å². The Morgan fingerprint density at radius 3 is 1.40 bits per heavy atom. The molecule has 1 heterocycles. The van der Waals surface area contributed by atoms with Crippen molar-refractivity contribution in [2.75, 3.05) is 45.9 Å². The van der Waals surface area contributed by atoms with E-state index in [-0.39, 0.29) is 11.9 Å². The minimum atomic E-state index is -0.618. The first-order valence-electron chi connectivity index (χ1n) is 28.3. The van der Waals surface area contributed by atoms with E-state index in [9.17, 15) is 14.7 Å². The van der Waals surface area contributed by atoms with Gasteiger partial charge in [0.1, 0.15) is 0 Å². The number of ether oxygens (including phenoxy) is 2. The Kier molecular flexibility index (Phi) is 36.7. The number of likely N-dealkylation sites (tertiary alicyclic amines) is 1. The molecule has 1 saturated carbocycles. The molecule has 0 spiro atoms. The number of carbonyl (C=O) groups is 2. The molecule has 1 saturated heterocycles. The Balaban J connectivity index is 1.66. The van der Waals surface area contributed by atoms with E-state index in [0.717, 1.165) is 84.1 Å². The normalized spacial score (nSPS) is 17.0. The number of rotatable bonds is 43. The summed E-state index contributed by atoms with van der Waals surface area (Å²) >= 11 is 0. The van der Waals surface area contributed by atoms with Crippen molar-refractivity contribution in [2.45, 2.75) is 290 Å². The molecule has 0 amide bonds. The topological polar surface area (TPSA) is 79.3 Å². The second kappa shape index (κ2) is 39.9. The zero-order chi connectivity index (χ0) is 45.5. The minimum Gasteiger partial charge on any atom is -0.465 e. The maximum atomic E-state index is 12.8. The van der Waals surface area contributed by atoms with Gasteiger partial charge in [-0.15, -0.1) is 0 Å². The highest BCUT2D eigenvalue weighted by atomic mass is 16.5. The van der Waals surface area contributed by atoms with Crippen LogP contribution in [-0.4, -0.2) is 84.4 Å². The summed E-state index contributed by atoms with van der Waals surface area (Å²) in [6, 6.07) is 0.579. The van der Waals surface area contributed by atoms with E-state index in [1.54, 1.807) is 0 Å². The Hall–Kier alpha value is -1.18. The molecule has 2 atom stereocenters. The lowest BCUT2D eigenvalue weighted by Gasteiger charge is -2.44. The lowest BCUT2D eigenvalue weighted by atomic mass is 9.88. The van der Waals surface area contributed by atoms with E-state index in [1.807, 2.05) is 0 Å². The van der Waals surface area contributed by atoms with Gasteiger partial charge >= 0.3 is 11.9 Å². The summed E-state index contributed by atoms with van der Waals surface area (Å²) in [5.74, 6) is 1.04. The van der Waals surface area contributed by atoms with E-state index >= 15 is 0 Å². The predicted octanol–water partition coefficient (Wildman–Crippen LogP) is 15.3. The summed E-state index contributed by atoms with van der Waals surface area (Å²) in [5.41, 5.74) is -0.618. The SMILES string of the molecule is CCCCCCCCC(CCCCCC)COC(=O)CCCCCN1CCC(O)(CN(CCCCCC(=O)OCC(CCCCCC)CCCCCCCC)C2CCCCC2)CC1. The van der Waals surface area contributed by atoms with Crippen molar-refractivity contribution in [1.82, 2.24) is 9.80 Å². The van der Waals surface area contributed by atoms with Crippen molar-refractivity contribution in [3.63, 3.8) is 0 Å². The molecule has 7 heteroatoms. The van der Waals surface area contributed by atoms with Crippen molar-refractivity contribution >= 4 is 11.9 Å². The fourth-order valence-corrected chi connectivity index (χ4v) is 10.4. The quantitative estimate of drug-likeness (QED) is 0.0482. The molecule has 2 rings (SSSR count). The van der Waals surface area contributed by atoms with E-state index in [2.05, 4.69) is 37.5 Å². The lowest BCUT2D eigenvalue weighted by Crippen LogP contribution is -2.53. The minimum absolute atomic E-state index is 0.00426. The Morgan fingerprint density at radius 2 is 0.937 bits per heavy atom. The molecule has 2 fully saturated rings. The number of carbonyl (C=O) groups excluding carboxylic acids is 2. The van der Waals surface area contributed by atoms with Crippen LogP contribution in [0.3, 0.4) is 0 Å². The zero-order valence-corrected chi connectivity index (χ0v) is 42.7. The van der Waals surface area contributed by atoms with E-state index in [4.69, 9.17) is 9.47 Å². The van der Waals surface area contributed by atoms with Gasteiger partial charge < -0.3 is 19.5 Å². The number of unbranched alkanes of at least 4 members (excludes halogenated alkanes) is 20. The molecule has 1 N–H and O–H groups in total. The van der Waals surface area contributed by atoms with Gasteiger partial charge in [0, 0.05) is 38.5 Å². The number of aliphatic hydroxyl groups is 1. The van der Waals surface area contributed by atoms with Crippen molar-refractivity contribution in [2.24, 2.45) is 11.8 Å². The Morgan fingerprint density at radius 1 is 0.540 bits per heavy atom. The molecule has 0 aromatic heterocycles. The lowest BCUT2D eigenvalue weighted by molar-refractivity contribution is -0.146. The van der Waals surface area contributed by atoms with Crippen LogP contribution in [-0.2, 0) is 19.1 Å². The third-order valence-electron chi connectivity index (χ3n) is 14.9. The highest BCUT2D eigenvalue weighted by molar-refractivity contribution is 5.69. The summed E-state index contributed by atoms with van der Waals surface area (Å²) in [7, 11) is 0. The average molecular weight is 889 g/mol. The number of piperidine rings is 1. The van der Waals surface area contributed by atoms with E-state index < -0.39 is 5.60 Å². The first kappa shape index (κ1) is 57.9. The van der Waals surface area contributed by atoms with Crippen LogP contribution in [0, 0.1) is 11.8 Å². The molecule has 0 aromatic carbocycles. The molecular formula is C56H108N2O5. The van der Waals surface area contributed by atoms with Crippen LogP contribution in [0.25, 0.3) is 0 Å². The second-order valence-corrected chi connectivity index (χ2v) is 20.9. The van der Waals surface area contributed by atoms with Crippen LogP contribution in [0.4, 0.5) is 0 Å². The van der Waals surface area contributed by atoms with Gasteiger partial charge in [-0.2, -0.15) is 0 Å². The highest BCUT2D eigenvalue weighted by Crippen LogP contribution is 2.30. The molecular weight excluding hydrogens is 781 g/mol. The standard InChI is InChI=1S/C56H108N2O5/c1-5-9-13-17-19-26-36-51(34-24-15-11-7-3)48-62-54(59)40-30-22-32-44-57-46-42-56(61,43-47-57)50-58(53-38-28-21-29-39-53)45-33-23-31-41-55(60)63-49-52(35-25-16-12-8-4)37-27-20-18-14-10-6-2/h51-53,61H,5-50H2,1-4H3. The smallest absolute Gasteiger partial charge is 0.305 e. The highest BCUT2D eigenvalue weighted by Gasteiger charge is 2.36. The van der Waals surface area contributed by atoms with Crippen molar-refractivity contribution in [3.8, 4) is 0 Å². The van der Waals surface area contributed by atoms with Gasteiger partial charge in [-0.3, -0.25) is 14.5 Å². The fourth-order valence-electron chi connectivity index (χ4n) is 10.4. The molecule has 2 unspecified atom stereocenters. The van der Waals surface area contributed by atoms with Crippen LogP contribution < -0.4 is 0 Å². The summed E-state index contributed by atoms with van der Waals surface area (Å²) in [6.45, 7) is 15.1. The number of esters is 2. The molecule has 1 aliphatic heterocycles. The van der Waals surface area contributed by atoms with Crippen LogP contribution in [0.5, 0.6) is 0 Å². The van der Waals surface area contributed by atoms with Crippen molar-refractivity contribution < 1.29 is 24.2 Å². The molecule has 0 bridgehead atoms. The zero-order valence-electron chi connectivity index (χ0n) is 42.7. The Labute approximate surface area is 392 Å². The summed E-state index contributed by atoms with van der Waals surface area (Å²) in [4.78, 5) is 30.7. The average Bonchev–Trinajstić information content (AvgIpc) is 3.29. The first-order valence-corrected chi connectivity index (χ1v) is 28.3. The largest absolute Gasteiger partial charge is 0.465 e. The van der Waals surface area contributed by atoms with Gasteiger partial charge in [0.2, 0.25) is 0 Å². The van der Waals surface area contributed by atoms with Crippen LogP contribution in [0.2, 0.25) is 0 Å². The van der Waals surface area contributed by atoms with Gasteiger partial charge in [-0.25, -0.2) is 0 Å². The molecule has 7 nitrogen and oxygen atoms in total. The molecule has 0 radical (unpaired) electrons. The van der Waals surface area contributed by atoms with Gasteiger partial charge in [0.15, 0.2) is 0 Å². The summed E-state index contributed by atoms with van der Waals surface area (Å²) < 4.78 is 11.7. The number of nitrogens with zero attached hydrogens (tertiary/aromatic N) is 2. The second-order valence-electron chi connectivity index (χ2n) is 20.9. The maximum Gasteiger partial charge on any atom is 0.305 e. The van der Waals surface area contributed by atoms with Crippen LogP contribution >= 0.6 is 0 Å². The van der Waals surface area contributed by atoms with E-state index in [1.165, 1.54) is 186 Å². The molecule has 372 valence electrons. The third-order valence-corrected chi connectivity index (χ3v) is 14.9. The number of hydrogen-bond donors (Lipinski definition) is 1. The summed E-state index contributed by atoms with van der Waals surface area (Å²) in [5, 5.41) is 11.9. The van der Waals surface area contributed by atoms with Crippen LogP contribution in [0.15, 0.2) is 0 Å². The van der Waals surface area contributed by atoms with Gasteiger partial charge in [-0.05, 0) is 102 Å². The fraction of sp³-hybridized carbons (Fsp3) is 0.964. The Bertz CT molecular complexity index is 1040. The number of hydrogen-bond acceptors (Lipinski definition) is 7. The van der Waals surface area contributed by atoms with Gasteiger partial charge in [0.05, 0.1) is 18.8 Å². The molecule has 2 aliphatic rings.